The molecule has 2 fully saturated rings. The van der Waals surface area contributed by atoms with Crippen molar-refractivity contribution in [3.63, 3.8) is 0 Å². The van der Waals surface area contributed by atoms with Gasteiger partial charge in [-0.1, -0.05) is 26.7 Å². The van der Waals surface area contributed by atoms with E-state index in [0.717, 1.165) is 30.6 Å². The number of rotatable bonds is 5. The summed E-state index contributed by atoms with van der Waals surface area (Å²) < 4.78 is 0. The molecule has 1 heteroatoms. The molecule has 0 N–H and O–H groups in total. The maximum absolute atomic E-state index is 11.8. The van der Waals surface area contributed by atoms with Crippen molar-refractivity contribution in [1.29, 1.82) is 0 Å². The smallest absolute Gasteiger partial charge is 0.136 e. The molecular formula is C13H22O. The summed E-state index contributed by atoms with van der Waals surface area (Å²) in [6, 6.07) is 0. The van der Waals surface area contributed by atoms with Crippen LogP contribution in [-0.4, -0.2) is 5.78 Å². The van der Waals surface area contributed by atoms with Gasteiger partial charge in [-0.2, -0.15) is 0 Å². The highest BCUT2D eigenvalue weighted by Gasteiger charge is 2.55. The summed E-state index contributed by atoms with van der Waals surface area (Å²) in [5.41, 5.74) is 0. The summed E-state index contributed by atoms with van der Waals surface area (Å²) in [6.45, 7) is 4.46. The van der Waals surface area contributed by atoms with E-state index in [9.17, 15) is 4.79 Å². The van der Waals surface area contributed by atoms with Crippen molar-refractivity contribution in [3.05, 3.63) is 0 Å². The molecule has 0 amide bonds. The lowest BCUT2D eigenvalue weighted by molar-refractivity contribution is -0.121. The molecule has 0 spiro atoms. The van der Waals surface area contributed by atoms with Crippen LogP contribution in [-0.2, 0) is 4.79 Å². The van der Waals surface area contributed by atoms with Gasteiger partial charge in [0, 0.05) is 12.3 Å². The molecule has 1 nitrogen and oxygen atoms in total. The van der Waals surface area contributed by atoms with Crippen molar-refractivity contribution in [2.45, 2.75) is 52.4 Å². The van der Waals surface area contributed by atoms with Crippen molar-refractivity contribution < 1.29 is 4.79 Å². The molecule has 80 valence electrons. The van der Waals surface area contributed by atoms with Gasteiger partial charge < -0.3 is 0 Å². The van der Waals surface area contributed by atoms with Gasteiger partial charge in [0.1, 0.15) is 5.78 Å². The standard InChI is InChI=1S/C13H22O/c1-9(2)5-3-8-12(14)13-10-6-4-7-11(10)13/h9-11,13H,3-8H2,1-2H3. The number of fused-ring (bicyclic) bond motifs is 1. The molecule has 0 aliphatic heterocycles. The van der Waals surface area contributed by atoms with Crippen LogP contribution in [0.4, 0.5) is 0 Å². The molecule has 2 aliphatic carbocycles. The van der Waals surface area contributed by atoms with E-state index < -0.39 is 0 Å². The van der Waals surface area contributed by atoms with E-state index in [4.69, 9.17) is 0 Å². The molecule has 2 aliphatic rings. The molecule has 14 heavy (non-hydrogen) atoms. The van der Waals surface area contributed by atoms with Crippen molar-refractivity contribution in [3.8, 4) is 0 Å². The Balaban J connectivity index is 1.65. The Hall–Kier alpha value is -0.330. The molecule has 2 unspecified atom stereocenters. The number of hydrogen-bond donors (Lipinski definition) is 0. The molecule has 2 atom stereocenters. The summed E-state index contributed by atoms with van der Waals surface area (Å²) >= 11 is 0. The Morgan fingerprint density at radius 3 is 2.50 bits per heavy atom. The number of ketones is 1. The van der Waals surface area contributed by atoms with Gasteiger partial charge in [-0.15, -0.1) is 0 Å². The Kier molecular flexibility index (Phi) is 2.94. The lowest BCUT2D eigenvalue weighted by Crippen LogP contribution is -2.05. The minimum atomic E-state index is 0.510. The summed E-state index contributed by atoms with van der Waals surface area (Å²) in [7, 11) is 0. The van der Waals surface area contributed by atoms with Crippen molar-refractivity contribution in [1.82, 2.24) is 0 Å². The third-order valence-electron chi connectivity index (χ3n) is 3.98. The largest absolute Gasteiger partial charge is 0.299 e. The summed E-state index contributed by atoms with van der Waals surface area (Å²) in [6.07, 6.45) is 7.25. The van der Waals surface area contributed by atoms with E-state index in [0.29, 0.717) is 11.7 Å². The van der Waals surface area contributed by atoms with Crippen molar-refractivity contribution in [2.75, 3.05) is 0 Å². The zero-order chi connectivity index (χ0) is 10.1. The molecule has 0 aromatic rings. The first-order valence-corrected chi connectivity index (χ1v) is 6.23. The highest BCUT2D eigenvalue weighted by Crippen LogP contribution is 2.58. The lowest BCUT2D eigenvalue weighted by Gasteiger charge is -2.04. The van der Waals surface area contributed by atoms with Gasteiger partial charge in [0.2, 0.25) is 0 Å². The second kappa shape index (κ2) is 4.04. The van der Waals surface area contributed by atoms with Crippen molar-refractivity contribution in [2.24, 2.45) is 23.7 Å². The average molecular weight is 194 g/mol. The van der Waals surface area contributed by atoms with Crippen LogP contribution in [0.1, 0.15) is 52.4 Å². The lowest BCUT2D eigenvalue weighted by atomic mass is 10.0. The van der Waals surface area contributed by atoms with Gasteiger partial charge in [0.25, 0.3) is 0 Å². The Morgan fingerprint density at radius 1 is 1.29 bits per heavy atom. The van der Waals surface area contributed by atoms with E-state index in [1.807, 2.05) is 0 Å². The first-order chi connectivity index (χ1) is 6.70. The fraction of sp³-hybridized carbons (Fsp3) is 0.923. The summed E-state index contributed by atoms with van der Waals surface area (Å²) in [5, 5.41) is 0. The molecule has 2 rings (SSSR count). The Bertz CT molecular complexity index is 209. The monoisotopic (exact) mass is 194 g/mol. The van der Waals surface area contributed by atoms with Gasteiger partial charge in [-0.05, 0) is 37.0 Å². The van der Waals surface area contributed by atoms with Crippen LogP contribution in [0, 0.1) is 23.7 Å². The Morgan fingerprint density at radius 2 is 1.93 bits per heavy atom. The first kappa shape index (κ1) is 10.2. The normalized spacial score (nSPS) is 34.6. The number of carbonyl (C=O) groups is 1. The maximum atomic E-state index is 11.8. The second-order valence-corrected chi connectivity index (χ2v) is 5.54. The predicted octanol–water partition coefficient (Wildman–Crippen LogP) is 3.43. The van der Waals surface area contributed by atoms with Crippen molar-refractivity contribution >= 4 is 5.78 Å². The van der Waals surface area contributed by atoms with Crippen LogP contribution in [0.15, 0.2) is 0 Å². The molecule has 0 bridgehead atoms. The first-order valence-electron chi connectivity index (χ1n) is 6.23. The molecule has 0 aromatic carbocycles. The maximum Gasteiger partial charge on any atom is 0.136 e. The topological polar surface area (TPSA) is 17.1 Å². The summed E-state index contributed by atoms with van der Waals surface area (Å²) in [5.74, 6) is 3.49. The van der Waals surface area contributed by atoms with Crippen LogP contribution in [0.3, 0.4) is 0 Å². The van der Waals surface area contributed by atoms with Gasteiger partial charge in [0.05, 0.1) is 0 Å². The van der Waals surface area contributed by atoms with Crippen LogP contribution < -0.4 is 0 Å². The zero-order valence-electron chi connectivity index (χ0n) is 9.46. The third kappa shape index (κ3) is 2.02. The van der Waals surface area contributed by atoms with Crippen LogP contribution >= 0.6 is 0 Å². The molecular weight excluding hydrogens is 172 g/mol. The van der Waals surface area contributed by atoms with Crippen LogP contribution in [0.5, 0.6) is 0 Å². The average Bonchev–Trinajstić information content (AvgIpc) is 2.60. The number of hydrogen-bond acceptors (Lipinski definition) is 1. The highest BCUT2D eigenvalue weighted by molar-refractivity contribution is 5.84. The number of Topliss-reactive ketones (excluding diaryl/α,β-unsaturated/α-hetero) is 1. The molecule has 0 aromatic heterocycles. The minimum Gasteiger partial charge on any atom is -0.299 e. The van der Waals surface area contributed by atoms with Crippen LogP contribution in [0.25, 0.3) is 0 Å². The van der Waals surface area contributed by atoms with Crippen LogP contribution in [0.2, 0.25) is 0 Å². The SMILES string of the molecule is CC(C)CCCC(=O)C1C2CCCC21. The zero-order valence-corrected chi connectivity index (χ0v) is 9.46. The van der Waals surface area contributed by atoms with E-state index in [-0.39, 0.29) is 0 Å². The molecule has 0 heterocycles. The van der Waals surface area contributed by atoms with E-state index in [1.54, 1.807) is 0 Å². The van der Waals surface area contributed by atoms with Gasteiger partial charge in [0.15, 0.2) is 0 Å². The fourth-order valence-corrected chi connectivity index (χ4v) is 3.15. The number of carbonyl (C=O) groups excluding carboxylic acids is 1. The minimum absolute atomic E-state index is 0.510. The second-order valence-electron chi connectivity index (χ2n) is 5.54. The van der Waals surface area contributed by atoms with E-state index in [2.05, 4.69) is 13.8 Å². The Labute approximate surface area is 87.3 Å². The van der Waals surface area contributed by atoms with Gasteiger partial charge >= 0.3 is 0 Å². The molecule has 0 saturated heterocycles. The predicted molar refractivity (Wildman–Crippen MR) is 58.0 cm³/mol. The van der Waals surface area contributed by atoms with Gasteiger partial charge in [-0.25, -0.2) is 0 Å². The highest BCUT2D eigenvalue weighted by atomic mass is 16.1. The molecule has 0 radical (unpaired) electrons. The fourth-order valence-electron chi connectivity index (χ4n) is 3.15. The van der Waals surface area contributed by atoms with Gasteiger partial charge in [-0.3, -0.25) is 4.79 Å². The third-order valence-corrected chi connectivity index (χ3v) is 3.98. The summed E-state index contributed by atoms with van der Waals surface area (Å²) in [4.78, 5) is 11.8. The molecule has 2 saturated carbocycles. The van der Waals surface area contributed by atoms with E-state index >= 15 is 0 Å². The quantitative estimate of drug-likeness (QED) is 0.655. The van der Waals surface area contributed by atoms with E-state index in [1.165, 1.54) is 25.7 Å².